The first-order valence-electron chi connectivity index (χ1n) is 8.96. The number of carbonyl (C=O) groups excluding carboxylic acids is 2. The Morgan fingerprint density at radius 1 is 1.38 bits per heavy atom. The predicted octanol–water partition coefficient (Wildman–Crippen LogP) is 1.97. The van der Waals surface area contributed by atoms with E-state index < -0.39 is 0 Å². The number of benzene rings is 1. The molecule has 26 heavy (non-hydrogen) atoms. The fourth-order valence-electron chi connectivity index (χ4n) is 2.90. The van der Waals surface area contributed by atoms with Crippen molar-refractivity contribution in [2.75, 3.05) is 40.4 Å². The molecule has 1 aliphatic heterocycles. The van der Waals surface area contributed by atoms with E-state index in [0.717, 1.165) is 5.75 Å². The van der Waals surface area contributed by atoms with Gasteiger partial charge in [0.05, 0.1) is 13.7 Å². The Kier molecular flexibility index (Phi) is 7.12. The molecule has 1 heterocycles. The van der Waals surface area contributed by atoms with Gasteiger partial charge >= 0.3 is 6.03 Å². The van der Waals surface area contributed by atoms with Crippen LogP contribution in [0.2, 0.25) is 0 Å². The van der Waals surface area contributed by atoms with Gasteiger partial charge in [0.15, 0.2) is 0 Å². The summed E-state index contributed by atoms with van der Waals surface area (Å²) < 4.78 is 10.8. The summed E-state index contributed by atoms with van der Waals surface area (Å²) in [5.74, 6) is 1.78. The molecule has 0 unspecified atom stereocenters. The van der Waals surface area contributed by atoms with Crippen LogP contribution < -0.4 is 14.8 Å². The quantitative estimate of drug-likeness (QED) is 0.767. The highest BCUT2D eigenvalue weighted by Gasteiger charge is 2.31. The molecule has 1 aromatic carbocycles. The first kappa shape index (κ1) is 19.9. The number of methoxy groups -OCH3 is 1. The summed E-state index contributed by atoms with van der Waals surface area (Å²) >= 11 is 0. The molecule has 0 aromatic heterocycles. The van der Waals surface area contributed by atoms with Gasteiger partial charge in [0.1, 0.15) is 18.1 Å². The molecule has 1 fully saturated rings. The molecule has 3 amide bonds. The van der Waals surface area contributed by atoms with Crippen LogP contribution in [0, 0.1) is 5.92 Å². The predicted molar refractivity (Wildman–Crippen MR) is 99.5 cm³/mol. The third-order valence-corrected chi connectivity index (χ3v) is 4.49. The summed E-state index contributed by atoms with van der Waals surface area (Å²) in [6.45, 7) is 6.09. The van der Waals surface area contributed by atoms with E-state index in [2.05, 4.69) is 5.32 Å². The minimum Gasteiger partial charge on any atom is -0.497 e. The van der Waals surface area contributed by atoms with E-state index in [1.807, 2.05) is 36.9 Å². The molecule has 1 N–H and O–H groups in total. The van der Waals surface area contributed by atoms with Gasteiger partial charge in [-0.2, -0.15) is 0 Å². The number of amides is 3. The SMILES string of the molecule is COc1cccc(OCCN(C)C(=O)NC[C@H]2CC(=O)N(C(C)C)C2)c1. The van der Waals surface area contributed by atoms with Crippen molar-refractivity contribution in [3.05, 3.63) is 24.3 Å². The van der Waals surface area contributed by atoms with Crippen LogP contribution in [0.3, 0.4) is 0 Å². The Balaban J connectivity index is 1.68. The topological polar surface area (TPSA) is 71.1 Å². The van der Waals surface area contributed by atoms with Crippen molar-refractivity contribution in [2.24, 2.45) is 5.92 Å². The molecule has 1 saturated heterocycles. The van der Waals surface area contributed by atoms with Crippen molar-refractivity contribution >= 4 is 11.9 Å². The van der Waals surface area contributed by atoms with Crippen LogP contribution in [0.4, 0.5) is 4.79 Å². The summed E-state index contributed by atoms with van der Waals surface area (Å²) in [5, 5.41) is 2.90. The van der Waals surface area contributed by atoms with Crippen molar-refractivity contribution in [3.8, 4) is 11.5 Å². The lowest BCUT2D eigenvalue weighted by Crippen LogP contribution is -2.41. The van der Waals surface area contributed by atoms with Crippen molar-refractivity contribution in [3.63, 3.8) is 0 Å². The van der Waals surface area contributed by atoms with Gasteiger partial charge in [-0.05, 0) is 26.0 Å². The van der Waals surface area contributed by atoms with E-state index in [4.69, 9.17) is 9.47 Å². The Morgan fingerprint density at radius 3 is 2.77 bits per heavy atom. The van der Waals surface area contributed by atoms with Crippen LogP contribution in [0.25, 0.3) is 0 Å². The smallest absolute Gasteiger partial charge is 0.317 e. The summed E-state index contributed by atoms with van der Waals surface area (Å²) in [4.78, 5) is 27.5. The molecule has 2 rings (SSSR count). The maximum atomic E-state index is 12.2. The molecule has 1 aliphatic rings. The number of likely N-dealkylation sites (tertiary alicyclic amines) is 1. The maximum absolute atomic E-state index is 12.2. The second-order valence-corrected chi connectivity index (χ2v) is 6.85. The lowest BCUT2D eigenvalue weighted by molar-refractivity contribution is -0.129. The molecule has 7 heteroatoms. The average molecular weight is 363 g/mol. The number of nitrogens with one attached hydrogen (secondary N) is 1. The molecule has 0 radical (unpaired) electrons. The lowest BCUT2D eigenvalue weighted by atomic mass is 10.1. The van der Waals surface area contributed by atoms with Gasteiger partial charge in [-0.1, -0.05) is 6.07 Å². The number of hydrogen-bond acceptors (Lipinski definition) is 4. The summed E-state index contributed by atoms with van der Waals surface area (Å²) in [5.41, 5.74) is 0. The van der Waals surface area contributed by atoms with E-state index >= 15 is 0 Å². The number of urea groups is 1. The Labute approximate surface area is 155 Å². The zero-order valence-corrected chi connectivity index (χ0v) is 16.0. The van der Waals surface area contributed by atoms with E-state index in [1.54, 1.807) is 25.1 Å². The van der Waals surface area contributed by atoms with Crippen LogP contribution in [-0.2, 0) is 4.79 Å². The molecule has 7 nitrogen and oxygen atoms in total. The first-order chi connectivity index (χ1) is 12.4. The number of ether oxygens (including phenoxy) is 2. The monoisotopic (exact) mass is 363 g/mol. The van der Waals surface area contributed by atoms with Crippen molar-refractivity contribution in [1.82, 2.24) is 15.1 Å². The third kappa shape index (κ3) is 5.54. The third-order valence-electron chi connectivity index (χ3n) is 4.49. The highest BCUT2D eigenvalue weighted by atomic mass is 16.5. The van der Waals surface area contributed by atoms with Crippen molar-refractivity contribution in [2.45, 2.75) is 26.3 Å². The fraction of sp³-hybridized carbons (Fsp3) is 0.579. The van der Waals surface area contributed by atoms with Gasteiger partial charge in [-0.3, -0.25) is 4.79 Å². The van der Waals surface area contributed by atoms with Crippen LogP contribution >= 0.6 is 0 Å². The molecule has 0 saturated carbocycles. The molecule has 0 bridgehead atoms. The van der Waals surface area contributed by atoms with Gasteiger partial charge in [0, 0.05) is 44.6 Å². The van der Waals surface area contributed by atoms with Gasteiger partial charge in [0.25, 0.3) is 0 Å². The summed E-state index contributed by atoms with van der Waals surface area (Å²) in [6, 6.07) is 7.40. The maximum Gasteiger partial charge on any atom is 0.317 e. The van der Waals surface area contributed by atoms with Crippen LogP contribution in [0.15, 0.2) is 24.3 Å². The van der Waals surface area contributed by atoms with E-state index in [9.17, 15) is 9.59 Å². The van der Waals surface area contributed by atoms with E-state index in [-0.39, 0.29) is 23.9 Å². The zero-order valence-electron chi connectivity index (χ0n) is 16.0. The van der Waals surface area contributed by atoms with Crippen molar-refractivity contribution < 1.29 is 19.1 Å². The fourth-order valence-corrected chi connectivity index (χ4v) is 2.90. The molecular formula is C19H29N3O4. The number of likely N-dealkylation sites (N-methyl/N-ethyl adjacent to an activating group) is 1. The Morgan fingerprint density at radius 2 is 2.12 bits per heavy atom. The Hall–Kier alpha value is -2.44. The minimum atomic E-state index is -0.158. The number of rotatable bonds is 8. The summed E-state index contributed by atoms with van der Waals surface area (Å²) in [7, 11) is 3.33. The standard InChI is InChI=1S/C19H29N3O4/c1-14(2)22-13-15(10-18(22)23)12-20-19(24)21(3)8-9-26-17-7-5-6-16(11-17)25-4/h5-7,11,14-15H,8-10,12-13H2,1-4H3,(H,20,24)/t15-/m1/s1. The van der Waals surface area contributed by atoms with Crippen LogP contribution in [-0.4, -0.2) is 68.2 Å². The first-order valence-corrected chi connectivity index (χ1v) is 8.96. The second-order valence-electron chi connectivity index (χ2n) is 6.85. The van der Waals surface area contributed by atoms with Gasteiger partial charge < -0.3 is 24.6 Å². The molecular weight excluding hydrogens is 334 g/mol. The highest BCUT2D eigenvalue weighted by Crippen LogP contribution is 2.20. The lowest BCUT2D eigenvalue weighted by Gasteiger charge is -2.22. The highest BCUT2D eigenvalue weighted by molar-refractivity contribution is 5.79. The number of nitrogens with zero attached hydrogens (tertiary/aromatic N) is 2. The molecule has 0 aliphatic carbocycles. The number of carbonyl (C=O) groups is 2. The van der Waals surface area contributed by atoms with E-state index in [1.165, 1.54) is 0 Å². The number of hydrogen-bond donors (Lipinski definition) is 1. The van der Waals surface area contributed by atoms with Crippen molar-refractivity contribution in [1.29, 1.82) is 0 Å². The van der Waals surface area contributed by atoms with Gasteiger partial charge in [-0.25, -0.2) is 4.79 Å². The van der Waals surface area contributed by atoms with Crippen LogP contribution in [0.5, 0.6) is 11.5 Å². The minimum absolute atomic E-state index is 0.158. The van der Waals surface area contributed by atoms with Crippen LogP contribution in [0.1, 0.15) is 20.3 Å². The summed E-state index contributed by atoms with van der Waals surface area (Å²) in [6.07, 6.45) is 0.501. The van der Waals surface area contributed by atoms with Gasteiger partial charge in [0.2, 0.25) is 5.91 Å². The zero-order chi connectivity index (χ0) is 19.1. The Bertz CT molecular complexity index is 621. The largest absolute Gasteiger partial charge is 0.497 e. The molecule has 1 atom stereocenters. The average Bonchev–Trinajstić information content (AvgIpc) is 3.00. The molecule has 1 aromatic rings. The normalized spacial score (nSPS) is 16.7. The molecule has 144 valence electrons. The molecule has 0 spiro atoms. The van der Waals surface area contributed by atoms with E-state index in [0.29, 0.717) is 38.4 Å². The second kappa shape index (κ2) is 9.31. The van der Waals surface area contributed by atoms with Gasteiger partial charge in [-0.15, -0.1) is 0 Å².